The molecule has 1 aliphatic rings. The van der Waals surface area contributed by atoms with Gasteiger partial charge in [0.05, 0.1) is 30.4 Å². The molecular formula is C18H18ClN3O3. The normalized spacial score (nSPS) is 14.0. The molecule has 1 saturated carbocycles. The van der Waals surface area contributed by atoms with Crippen molar-refractivity contribution in [1.82, 2.24) is 4.90 Å². The van der Waals surface area contributed by atoms with E-state index in [1.807, 2.05) is 12.1 Å². The Balaban J connectivity index is 1.94. The number of benzene rings is 1. The first-order chi connectivity index (χ1) is 12.0. The average molecular weight is 360 g/mol. The molecule has 7 heteroatoms. The van der Waals surface area contributed by atoms with Gasteiger partial charge in [-0.25, -0.2) is 0 Å². The second kappa shape index (κ2) is 8.50. The molecule has 0 radical (unpaired) electrons. The van der Waals surface area contributed by atoms with Gasteiger partial charge in [-0.05, 0) is 30.5 Å². The van der Waals surface area contributed by atoms with Crippen LogP contribution < -0.4 is 0 Å². The molecule has 1 aromatic rings. The van der Waals surface area contributed by atoms with Gasteiger partial charge in [0.1, 0.15) is 0 Å². The van der Waals surface area contributed by atoms with E-state index in [1.165, 1.54) is 4.90 Å². The third-order valence-corrected chi connectivity index (χ3v) is 4.46. The van der Waals surface area contributed by atoms with Crippen molar-refractivity contribution in [3.05, 3.63) is 34.9 Å². The zero-order valence-corrected chi connectivity index (χ0v) is 14.5. The monoisotopic (exact) mass is 359 g/mol. The van der Waals surface area contributed by atoms with Crippen molar-refractivity contribution in [2.75, 3.05) is 19.7 Å². The Labute approximate surface area is 151 Å². The summed E-state index contributed by atoms with van der Waals surface area (Å²) in [4.78, 5) is 26.0. The maximum absolute atomic E-state index is 12.4. The summed E-state index contributed by atoms with van der Waals surface area (Å²) >= 11 is 5.87. The van der Waals surface area contributed by atoms with E-state index in [2.05, 4.69) is 0 Å². The lowest BCUT2D eigenvalue weighted by molar-refractivity contribution is -0.154. The van der Waals surface area contributed by atoms with Gasteiger partial charge in [0.2, 0.25) is 0 Å². The zero-order chi connectivity index (χ0) is 18.3. The summed E-state index contributed by atoms with van der Waals surface area (Å²) in [5.74, 6) is -0.825. The number of ether oxygens (including phenoxy) is 1. The van der Waals surface area contributed by atoms with Gasteiger partial charge in [-0.1, -0.05) is 23.7 Å². The van der Waals surface area contributed by atoms with Gasteiger partial charge in [0.25, 0.3) is 5.91 Å². The fourth-order valence-corrected chi connectivity index (χ4v) is 2.72. The van der Waals surface area contributed by atoms with E-state index in [9.17, 15) is 9.59 Å². The minimum absolute atomic E-state index is 0.166. The Bertz CT molecular complexity index is 697. The van der Waals surface area contributed by atoms with Crippen molar-refractivity contribution < 1.29 is 14.3 Å². The minimum atomic E-state index is -0.686. The number of carbonyl (C=O) groups is 2. The molecule has 1 aromatic carbocycles. The summed E-state index contributed by atoms with van der Waals surface area (Å²) < 4.78 is 5.23. The SMILES string of the molecule is N#CCCN(CCC#N)C(=O)COC(=O)C1(c2ccc(Cl)cc2)CC1. The second-order valence-electron chi connectivity index (χ2n) is 5.86. The predicted molar refractivity (Wildman–Crippen MR) is 90.4 cm³/mol. The van der Waals surface area contributed by atoms with Crippen LogP contribution in [0, 0.1) is 22.7 Å². The third kappa shape index (κ3) is 4.71. The number of hydrogen-bond donors (Lipinski definition) is 0. The molecule has 1 amide bonds. The number of rotatable bonds is 8. The minimum Gasteiger partial charge on any atom is -0.455 e. The Morgan fingerprint density at radius 1 is 1.12 bits per heavy atom. The quantitative estimate of drug-likeness (QED) is 0.665. The molecule has 0 saturated heterocycles. The van der Waals surface area contributed by atoms with Crippen LogP contribution >= 0.6 is 11.6 Å². The topological polar surface area (TPSA) is 94.2 Å². The van der Waals surface area contributed by atoms with Gasteiger partial charge in [-0.3, -0.25) is 9.59 Å². The molecule has 0 heterocycles. The van der Waals surface area contributed by atoms with Crippen LogP contribution in [0.3, 0.4) is 0 Å². The molecular weight excluding hydrogens is 342 g/mol. The maximum Gasteiger partial charge on any atom is 0.317 e. The molecule has 0 aliphatic heterocycles. The Morgan fingerprint density at radius 2 is 1.68 bits per heavy atom. The van der Waals surface area contributed by atoms with E-state index in [0.29, 0.717) is 17.9 Å². The van der Waals surface area contributed by atoms with Crippen molar-refractivity contribution in [3.63, 3.8) is 0 Å². The van der Waals surface area contributed by atoms with E-state index < -0.39 is 17.3 Å². The lowest BCUT2D eigenvalue weighted by Gasteiger charge is -2.21. The van der Waals surface area contributed by atoms with Crippen LogP contribution in [0.1, 0.15) is 31.2 Å². The summed E-state index contributed by atoms with van der Waals surface area (Å²) in [6, 6.07) is 11.0. The first-order valence-electron chi connectivity index (χ1n) is 7.98. The van der Waals surface area contributed by atoms with Crippen LogP contribution in [0.15, 0.2) is 24.3 Å². The van der Waals surface area contributed by atoms with Crippen molar-refractivity contribution in [2.24, 2.45) is 0 Å². The highest BCUT2D eigenvalue weighted by Gasteiger charge is 2.52. The molecule has 130 valence electrons. The number of carbonyl (C=O) groups excluding carboxylic acids is 2. The lowest BCUT2D eigenvalue weighted by atomic mass is 9.96. The van der Waals surface area contributed by atoms with Gasteiger partial charge in [0.15, 0.2) is 6.61 Å². The number of nitrogens with zero attached hydrogens (tertiary/aromatic N) is 3. The van der Waals surface area contributed by atoms with Crippen LogP contribution in [0.4, 0.5) is 0 Å². The summed E-state index contributed by atoms with van der Waals surface area (Å²) in [5, 5.41) is 17.9. The first kappa shape index (κ1) is 18.8. The van der Waals surface area contributed by atoms with E-state index in [-0.39, 0.29) is 32.5 Å². The van der Waals surface area contributed by atoms with E-state index >= 15 is 0 Å². The Kier molecular flexibility index (Phi) is 6.38. The van der Waals surface area contributed by atoms with E-state index in [0.717, 1.165) is 5.56 Å². The molecule has 2 rings (SSSR count). The van der Waals surface area contributed by atoms with Crippen LogP contribution in [-0.2, 0) is 19.7 Å². The fraction of sp³-hybridized carbons (Fsp3) is 0.444. The summed E-state index contributed by atoms with van der Waals surface area (Å²) in [5.41, 5.74) is 0.148. The lowest BCUT2D eigenvalue weighted by Crippen LogP contribution is -2.37. The largest absolute Gasteiger partial charge is 0.455 e. The third-order valence-electron chi connectivity index (χ3n) is 4.20. The molecule has 1 aliphatic carbocycles. The predicted octanol–water partition coefficient (Wildman–Crippen LogP) is 2.57. The average Bonchev–Trinajstić information content (AvgIpc) is 3.42. The van der Waals surface area contributed by atoms with Gasteiger partial charge >= 0.3 is 5.97 Å². The summed E-state index contributed by atoms with van der Waals surface area (Å²) in [6.45, 7) is 0.0544. The Morgan fingerprint density at radius 3 is 2.16 bits per heavy atom. The molecule has 0 aromatic heterocycles. The molecule has 0 atom stereocenters. The van der Waals surface area contributed by atoms with Crippen molar-refractivity contribution in [2.45, 2.75) is 31.1 Å². The molecule has 6 nitrogen and oxygen atoms in total. The number of amides is 1. The van der Waals surface area contributed by atoms with Crippen LogP contribution in [0.25, 0.3) is 0 Å². The second-order valence-corrected chi connectivity index (χ2v) is 6.30. The summed E-state index contributed by atoms with van der Waals surface area (Å²) in [6.07, 6.45) is 1.68. The standard InChI is InChI=1S/C18H18ClN3O3/c19-15-5-3-14(4-6-15)18(7-8-18)17(24)25-13-16(23)22(11-1-9-20)12-2-10-21/h3-6H,1-2,7-8,11-13H2. The van der Waals surface area contributed by atoms with Crippen molar-refractivity contribution in [3.8, 4) is 12.1 Å². The molecule has 25 heavy (non-hydrogen) atoms. The van der Waals surface area contributed by atoms with Crippen LogP contribution in [-0.4, -0.2) is 36.5 Å². The fourth-order valence-electron chi connectivity index (χ4n) is 2.59. The van der Waals surface area contributed by atoms with Crippen LogP contribution in [0.5, 0.6) is 0 Å². The number of halogens is 1. The van der Waals surface area contributed by atoms with E-state index in [4.69, 9.17) is 26.9 Å². The molecule has 0 unspecified atom stereocenters. The number of hydrogen-bond acceptors (Lipinski definition) is 5. The van der Waals surface area contributed by atoms with Crippen molar-refractivity contribution >= 4 is 23.5 Å². The van der Waals surface area contributed by atoms with E-state index in [1.54, 1.807) is 24.3 Å². The molecule has 0 N–H and O–H groups in total. The van der Waals surface area contributed by atoms with Gasteiger partial charge in [0, 0.05) is 18.1 Å². The van der Waals surface area contributed by atoms with Crippen LogP contribution in [0.2, 0.25) is 5.02 Å². The molecule has 0 spiro atoms. The summed E-state index contributed by atoms with van der Waals surface area (Å²) in [7, 11) is 0. The van der Waals surface area contributed by atoms with Gasteiger partial charge < -0.3 is 9.64 Å². The maximum atomic E-state index is 12.4. The molecule has 1 fully saturated rings. The highest BCUT2D eigenvalue weighted by molar-refractivity contribution is 6.30. The zero-order valence-electron chi connectivity index (χ0n) is 13.7. The van der Waals surface area contributed by atoms with Crippen molar-refractivity contribution in [1.29, 1.82) is 10.5 Å². The first-order valence-corrected chi connectivity index (χ1v) is 8.36. The smallest absolute Gasteiger partial charge is 0.317 e. The number of esters is 1. The molecule has 0 bridgehead atoms. The van der Waals surface area contributed by atoms with Gasteiger partial charge in [-0.15, -0.1) is 0 Å². The Hall–Kier alpha value is -2.57. The number of nitriles is 2. The highest BCUT2D eigenvalue weighted by atomic mass is 35.5. The van der Waals surface area contributed by atoms with Gasteiger partial charge in [-0.2, -0.15) is 10.5 Å². The highest BCUT2D eigenvalue weighted by Crippen LogP contribution is 2.49.